The molecule has 1 amide bonds. The molecule has 0 saturated heterocycles. The zero-order valence-electron chi connectivity index (χ0n) is 12.2. The second kappa shape index (κ2) is 6.59. The van der Waals surface area contributed by atoms with Gasteiger partial charge in [0.1, 0.15) is 5.82 Å². The fourth-order valence-electron chi connectivity index (χ4n) is 1.75. The van der Waals surface area contributed by atoms with Crippen LogP contribution in [0, 0.1) is 0 Å². The van der Waals surface area contributed by atoms with E-state index in [0.717, 1.165) is 5.69 Å². The van der Waals surface area contributed by atoms with Crippen molar-refractivity contribution in [1.82, 2.24) is 19.9 Å². The Balaban J connectivity index is 2.26. The van der Waals surface area contributed by atoms with Crippen LogP contribution in [0.5, 0.6) is 0 Å². The van der Waals surface area contributed by atoms with E-state index in [2.05, 4.69) is 20.4 Å². The van der Waals surface area contributed by atoms with Crippen LogP contribution in [0.2, 0.25) is 0 Å². The summed E-state index contributed by atoms with van der Waals surface area (Å²) in [6, 6.07) is 0. The minimum absolute atomic E-state index is 0.132. The summed E-state index contributed by atoms with van der Waals surface area (Å²) in [6.45, 7) is 4.36. The lowest BCUT2D eigenvalue weighted by Gasteiger charge is -2.18. The summed E-state index contributed by atoms with van der Waals surface area (Å²) in [5.41, 5.74) is 5.74. The Kier molecular flexibility index (Phi) is 4.81. The number of nitrogens with one attached hydrogen (secondary N) is 1. The van der Waals surface area contributed by atoms with Gasteiger partial charge in [0.15, 0.2) is 5.69 Å². The number of hydrogen-bond acceptors (Lipinski definition) is 7. The highest BCUT2D eigenvalue weighted by Gasteiger charge is 2.20. The third kappa shape index (κ3) is 3.53. The Labute approximate surface area is 127 Å². The van der Waals surface area contributed by atoms with Crippen molar-refractivity contribution in [3.05, 3.63) is 34.3 Å². The molecule has 7 nitrogen and oxygen atoms in total. The summed E-state index contributed by atoms with van der Waals surface area (Å²) in [5, 5.41) is 1.91. The second-order valence-corrected chi connectivity index (χ2v) is 5.65. The predicted molar refractivity (Wildman–Crippen MR) is 81.8 cm³/mol. The molecule has 0 aliphatic carbocycles. The van der Waals surface area contributed by atoms with E-state index in [1.54, 1.807) is 17.5 Å². The molecule has 0 aromatic carbocycles. The van der Waals surface area contributed by atoms with Crippen molar-refractivity contribution < 1.29 is 4.79 Å². The number of aromatic nitrogens is 3. The molecule has 0 aliphatic heterocycles. The van der Waals surface area contributed by atoms with Crippen molar-refractivity contribution in [3.63, 3.8) is 0 Å². The molecule has 2 heterocycles. The lowest BCUT2D eigenvalue weighted by Crippen LogP contribution is -2.29. The highest BCUT2D eigenvalue weighted by Crippen LogP contribution is 2.17. The van der Waals surface area contributed by atoms with Crippen LogP contribution in [0.25, 0.3) is 0 Å². The first-order valence-corrected chi connectivity index (χ1v) is 7.43. The number of hydrogen-bond donors (Lipinski definition) is 2. The molecule has 0 aliphatic rings. The molecule has 0 radical (unpaired) electrons. The number of amides is 1. The van der Waals surface area contributed by atoms with Crippen LogP contribution in [0.15, 0.2) is 17.1 Å². The van der Waals surface area contributed by atoms with Gasteiger partial charge >= 0.3 is 0 Å². The molecule has 21 heavy (non-hydrogen) atoms. The van der Waals surface area contributed by atoms with E-state index >= 15 is 0 Å². The van der Waals surface area contributed by atoms with Crippen LogP contribution in [0.1, 0.15) is 41.8 Å². The summed E-state index contributed by atoms with van der Waals surface area (Å²) in [4.78, 5) is 26.8. The van der Waals surface area contributed by atoms with Gasteiger partial charge in [-0.3, -0.25) is 10.6 Å². The van der Waals surface area contributed by atoms with E-state index in [-0.39, 0.29) is 17.5 Å². The van der Waals surface area contributed by atoms with Crippen LogP contribution >= 0.6 is 11.3 Å². The van der Waals surface area contributed by atoms with Crippen LogP contribution in [-0.2, 0) is 6.54 Å². The van der Waals surface area contributed by atoms with Crippen molar-refractivity contribution in [1.29, 1.82) is 0 Å². The van der Waals surface area contributed by atoms with E-state index in [9.17, 15) is 4.79 Å². The smallest absolute Gasteiger partial charge is 0.274 e. The van der Waals surface area contributed by atoms with E-state index < -0.39 is 0 Å². The molecule has 0 saturated carbocycles. The zero-order valence-corrected chi connectivity index (χ0v) is 13.0. The van der Waals surface area contributed by atoms with Crippen LogP contribution in [-0.4, -0.2) is 32.8 Å². The molecule has 0 spiro atoms. The fourth-order valence-corrected chi connectivity index (χ4v) is 2.30. The lowest BCUT2D eigenvalue weighted by molar-refractivity contribution is 0.0778. The van der Waals surface area contributed by atoms with E-state index in [0.29, 0.717) is 18.1 Å². The van der Waals surface area contributed by atoms with Gasteiger partial charge in [-0.15, -0.1) is 11.3 Å². The topological polar surface area (TPSA) is 97.0 Å². The Bertz CT molecular complexity index is 613. The lowest BCUT2D eigenvalue weighted by atomic mass is 10.2. The summed E-state index contributed by atoms with van der Waals surface area (Å²) < 4.78 is 0. The third-order valence-electron chi connectivity index (χ3n) is 2.91. The monoisotopic (exact) mass is 306 g/mol. The van der Waals surface area contributed by atoms with Crippen molar-refractivity contribution in [2.24, 2.45) is 5.84 Å². The second-order valence-electron chi connectivity index (χ2n) is 4.93. The first-order valence-electron chi connectivity index (χ1n) is 6.49. The Morgan fingerprint density at radius 2 is 2.24 bits per heavy atom. The normalized spacial score (nSPS) is 10.7. The van der Waals surface area contributed by atoms with E-state index in [4.69, 9.17) is 5.84 Å². The summed E-state index contributed by atoms with van der Waals surface area (Å²) in [6.07, 6.45) is 1.53. The molecule has 3 N–H and O–H groups in total. The number of carbonyl (C=O) groups excluding carboxylic acids is 1. The minimum atomic E-state index is -0.222. The molecule has 0 bridgehead atoms. The SMILES string of the molecule is CC(C)c1ncc(NN)c(C(=O)N(C)Cc2cscn2)n1. The van der Waals surface area contributed by atoms with Crippen molar-refractivity contribution in [2.45, 2.75) is 26.3 Å². The molecular weight excluding hydrogens is 288 g/mol. The Morgan fingerprint density at radius 1 is 1.48 bits per heavy atom. The standard InChI is InChI=1S/C13H18N6OS/c1-8(2)12-15-4-10(18-14)11(17-12)13(20)19(3)5-9-6-21-7-16-9/h4,6-8,18H,5,14H2,1-3H3. The highest BCUT2D eigenvalue weighted by atomic mass is 32.1. The molecule has 0 fully saturated rings. The van der Waals surface area contributed by atoms with Gasteiger partial charge in [0.25, 0.3) is 5.91 Å². The van der Waals surface area contributed by atoms with Gasteiger partial charge < -0.3 is 10.3 Å². The number of hydrazine groups is 1. The number of nitrogens with two attached hydrogens (primary N) is 1. The summed E-state index contributed by atoms with van der Waals surface area (Å²) in [5.74, 6) is 5.96. The molecule has 0 unspecified atom stereocenters. The van der Waals surface area contributed by atoms with E-state index in [1.165, 1.54) is 17.5 Å². The molecular formula is C13H18N6OS. The number of anilines is 1. The van der Waals surface area contributed by atoms with Crippen LogP contribution < -0.4 is 11.3 Å². The fraction of sp³-hybridized carbons (Fsp3) is 0.385. The van der Waals surface area contributed by atoms with Crippen molar-refractivity contribution in [2.75, 3.05) is 12.5 Å². The third-order valence-corrected chi connectivity index (χ3v) is 3.55. The molecule has 8 heteroatoms. The number of nitrogens with zero attached hydrogens (tertiary/aromatic N) is 4. The average molecular weight is 306 g/mol. The molecule has 2 aromatic heterocycles. The maximum atomic E-state index is 12.5. The maximum Gasteiger partial charge on any atom is 0.274 e. The summed E-state index contributed by atoms with van der Waals surface area (Å²) in [7, 11) is 1.71. The quantitative estimate of drug-likeness (QED) is 0.643. The van der Waals surface area contributed by atoms with Crippen LogP contribution in [0.4, 0.5) is 5.69 Å². The van der Waals surface area contributed by atoms with Gasteiger partial charge in [-0.1, -0.05) is 13.8 Å². The highest BCUT2D eigenvalue weighted by molar-refractivity contribution is 7.07. The molecule has 0 atom stereocenters. The Hall–Kier alpha value is -2.06. The largest absolute Gasteiger partial charge is 0.334 e. The van der Waals surface area contributed by atoms with E-state index in [1.807, 2.05) is 19.2 Å². The van der Waals surface area contributed by atoms with Crippen molar-refractivity contribution >= 4 is 22.9 Å². The maximum absolute atomic E-state index is 12.5. The van der Waals surface area contributed by atoms with Gasteiger partial charge in [-0.25, -0.2) is 15.0 Å². The molecule has 2 aromatic rings. The van der Waals surface area contributed by atoms with Crippen LogP contribution in [0.3, 0.4) is 0 Å². The van der Waals surface area contributed by atoms with Crippen molar-refractivity contribution in [3.8, 4) is 0 Å². The molecule has 112 valence electrons. The van der Waals surface area contributed by atoms with Gasteiger partial charge in [0.2, 0.25) is 0 Å². The molecule has 2 rings (SSSR count). The zero-order chi connectivity index (χ0) is 15.4. The Morgan fingerprint density at radius 3 is 2.81 bits per heavy atom. The number of carbonyl (C=O) groups is 1. The van der Waals surface area contributed by atoms with Gasteiger partial charge in [-0.05, 0) is 0 Å². The summed E-state index contributed by atoms with van der Waals surface area (Å²) >= 11 is 1.50. The first kappa shape index (κ1) is 15.3. The van der Waals surface area contributed by atoms with Gasteiger partial charge in [-0.2, -0.15) is 0 Å². The number of nitrogen functional groups attached to an aromatic ring is 1. The average Bonchev–Trinajstić information content (AvgIpc) is 2.98. The first-order chi connectivity index (χ1) is 10.0. The van der Waals surface area contributed by atoms with Gasteiger partial charge in [0.05, 0.1) is 29.6 Å². The number of thiazole rings is 1. The number of rotatable bonds is 5. The minimum Gasteiger partial charge on any atom is -0.334 e. The predicted octanol–water partition coefficient (Wildman–Crippen LogP) is 1.61. The van der Waals surface area contributed by atoms with Gasteiger partial charge in [0, 0.05) is 18.3 Å².